The summed E-state index contributed by atoms with van der Waals surface area (Å²) in [5.74, 6) is -2.06. The highest BCUT2D eigenvalue weighted by Crippen LogP contribution is 2.25. The molecule has 154 valence electrons. The fraction of sp³-hybridized carbons (Fsp3) is 0.348. The van der Waals surface area contributed by atoms with Crippen LogP contribution in [0.2, 0.25) is 0 Å². The minimum atomic E-state index is -0.773. The lowest BCUT2D eigenvalue weighted by Crippen LogP contribution is -2.44. The zero-order chi connectivity index (χ0) is 21.2. The molecule has 0 aliphatic carbocycles. The second-order valence-corrected chi connectivity index (χ2v) is 7.13. The van der Waals surface area contributed by atoms with E-state index < -0.39 is 36.4 Å². The third-order valence-corrected chi connectivity index (χ3v) is 4.38. The molecule has 0 unspecified atom stereocenters. The summed E-state index contributed by atoms with van der Waals surface area (Å²) < 4.78 is 10.0. The Morgan fingerprint density at radius 3 is 1.83 bits per heavy atom. The van der Waals surface area contributed by atoms with Crippen molar-refractivity contribution in [2.45, 2.75) is 32.2 Å². The van der Waals surface area contributed by atoms with Crippen molar-refractivity contribution in [1.29, 1.82) is 0 Å². The predicted octanol–water partition coefficient (Wildman–Crippen LogP) is 3.07. The van der Waals surface area contributed by atoms with E-state index >= 15 is 0 Å². The highest BCUT2D eigenvalue weighted by atomic mass is 16.5. The number of hydrogen-bond donors (Lipinski definition) is 1. The highest BCUT2D eigenvalue weighted by molar-refractivity contribution is 5.88. The zero-order valence-corrected chi connectivity index (χ0v) is 17.0. The van der Waals surface area contributed by atoms with Gasteiger partial charge in [0, 0.05) is 0 Å². The molecule has 0 saturated heterocycles. The van der Waals surface area contributed by atoms with E-state index in [0.29, 0.717) is 6.42 Å². The van der Waals surface area contributed by atoms with Crippen LogP contribution in [0.25, 0.3) is 0 Å². The summed E-state index contributed by atoms with van der Waals surface area (Å²) >= 11 is 0. The maximum Gasteiger partial charge on any atom is 0.328 e. The van der Waals surface area contributed by atoms with Gasteiger partial charge in [-0.05, 0) is 23.5 Å². The van der Waals surface area contributed by atoms with Crippen LogP contribution in [0.3, 0.4) is 0 Å². The van der Waals surface area contributed by atoms with Crippen LogP contribution in [0.15, 0.2) is 60.7 Å². The zero-order valence-electron chi connectivity index (χ0n) is 17.0. The molecule has 1 amide bonds. The summed E-state index contributed by atoms with van der Waals surface area (Å²) in [4.78, 5) is 36.9. The Balaban J connectivity index is 2.06. The number of amides is 1. The van der Waals surface area contributed by atoms with Crippen molar-refractivity contribution in [3.63, 3.8) is 0 Å². The summed E-state index contributed by atoms with van der Waals surface area (Å²) in [7, 11) is 1.27. The molecule has 2 rings (SSSR count). The molecule has 0 aliphatic heterocycles. The first-order valence-corrected chi connectivity index (χ1v) is 9.56. The SMILES string of the molecule is COC(=O)[C@H](CC(C)C)NC(=O)COC(=O)C(c1ccccc1)c1ccccc1. The Kier molecular flexibility index (Phi) is 8.40. The molecule has 0 bridgehead atoms. The quantitative estimate of drug-likeness (QED) is 0.658. The minimum Gasteiger partial charge on any atom is -0.467 e. The molecule has 0 aromatic heterocycles. The average molecular weight is 397 g/mol. The number of hydrogen-bond acceptors (Lipinski definition) is 5. The normalized spacial score (nSPS) is 11.8. The van der Waals surface area contributed by atoms with Gasteiger partial charge in [-0.25, -0.2) is 4.79 Å². The van der Waals surface area contributed by atoms with Gasteiger partial charge in [0.2, 0.25) is 0 Å². The van der Waals surface area contributed by atoms with Gasteiger partial charge in [-0.3, -0.25) is 9.59 Å². The van der Waals surface area contributed by atoms with Crippen LogP contribution in [0.4, 0.5) is 0 Å². The first-order valence-electron chi connectivity index (χ1n) is 9.56. The molecule has 29 heavy (non-hydrogen) atoms. The van der Waals surface area contributed by atoms with Crippen LogP contribution in [0.1, 0.15) is 37.3 Å². The molecule has 0 spiro atoms. The summed E-state index contributed by atoms with van der Waals surface area (Å²) in [5, 5.41) is 2.58. The first kappa shape index (κ1) is 22.1. The number of benzene rings is 2. The van der Waals surface area contributed by atoms with Crippen LogP contribution in [-0.4, -0.2) is 37.6 Å². The van der Waals surface area contributed by atoms with Crippen LogP contribution in [0.5, 0.6) is 0 Å². The van der Waals surface area contributed by atoms with Crippen LogP contribution >= 0.6 is 0 Å². The number of rotatable bonds is 9. The standard InChI is InChI=1S/C23H27NO5/c1-16(2)14-19(22(26)28-3)24-20(25)15-29-23(27)21(17-10-6-4-7-11-17)18-12-8-5-9-13-18/h4-13,16,19,21H,14-15H2,1-3H3,(H,24,25)/t19-/m0/s1. The molecular weight excluding hydrogens is 370 g/mol. The number of carbonyl (C=O) groups excluding carboxylic acids is 3. The van der Waals surface area contributed by atoms with Crippen molar-refractivity contribution in [3.8, 4) is 0 Å². The van der Waals surface area contributed by atoms with E-state index in [0.717, 1.165) is 11.1 Å². The molecule has 6 nitrogen and oxygen atoms in total. The number of carbonyl (C=O) groups is 3. The predicted molar refractivity (Wildman–Crippen MR) is 109 cm³/mol. The lowest BCUT2D eigenvalue weighted by molar-refractivity contribution is -0.151. The van der Waals surface area contributed by atoms with Gasteiger partial charge in [0.05, 0.1) is 7.11 Å². The Morgan fingerprint density at radius 1 is 0.862 bits per heavy atom. The van der Waals surface area contributed by atoms with Gasteiger partial charge in [0.25, 0.3) is 5.91 Å². The third-order valence-electron chi connectivity index (χ3n) is 4.38. The van der Waals surface area contributed by atoms with Gasteiger partial charge in [0.15, 0.2) is 6.61 Å². The number of ether oxygens (including phenoxy) is 2. The Hall–Kier alpha value is -3.15. The fourth-order valence-corrected chi connectivity index (χ4v) is 3.04. The van der Waals surface area contributed by atoms with Crippen molar-refractivity contribution in [2.75, 3.05) is 13.7 Å². The van der Waals surface area contributed by atoms with Gasteiger partial charge in [-0.1, -0.05) is 74.5 Å². The van der Waals surface area contributed by atoms with Gasteiger partial charge >= 0.3 is 11.9 Å². The monoisotopic (exact) mass is 397 g/mol. The number of methoxy groups -OCH3 is 1. The molecule has 1 atom stereocenters. The van der Waals surface area contributed by atoms with Gasteiger partial charge in [-0.15, -0.1) is 0 Å². The van der Waals surface area contributed by atoms with Gasteiger partial charge < -0.3 is 14.8 Å². The summed E-state index contributed by atoms with van der Waals surface area (Å²) in [6.45, 7) is 3.40. The summed E-state index contributed by atoms with van der Waals surface area (Å²) in [6.07, 6.45) is 0.434. The smallest absolute Gasteiger partial charge is 0.328 e. The van der Waals surface area contributed by atoms with E-state index in [1.54, 1.807) is 0 Å². The molecule has 0 radical (unpaired) electrons. The molecule has 0 heterocycles. The maximum absolute atomic E-state index is 12.8. The van der Waals surface area contributed by atoms with Crippen molar-refractivity contribution < 1.29 is 23.9 Å². The van der Waals surface area contributed by atoms with Crippen molar-refractivity contribution >= 4 is 17.8 Å². The van der Waals surface area contributed by atoms with E-state index in [1.165, 1.54) is 7.11 Å². The molecule has 1 N–H and O–H groups in total. The third kappa shape index (κ3) is 6.75. The van der Waals surface area contributed by atoms with Gasteiger partial charge in [0.1, 0.15) is 12.0 Å². The largest absolute Gasteiger partial charge is 0.467 e. The fourth-order valence-electron chi connectivity index (χ4n) is 3.04. The molecule has 6 heteroatoms. The van der Waals surface area contributed by atoms with Gasteiger partial charge in [-0.2, -0.15) is 0 Å². The summed E-state index contributed by atoms with van der Waals surface area (Å²) in [6, 6.07) is 17.7. The first-order chi connectivity index (χ1) is 13.9. The average Bonchev–Trinajstić information content (AvgIpc) is 2.72. The lowest BCUT2D eigenvalue weighted by atomic mass is 9.91. The van der Waals surface area contributed by atoms with E-state index in [9.17, 15) is 14.4 Å². The van der Waals surface area contributed by atoms with Crippen LogP contribution in [0, 0.1) is 5.92 Å². The van der Waals surface area contributed by atoms with Crippen LogP contribution in [-0.2, 0) is 23.9 Å². The molecule has 2 aromatic carbocycles. The number of nitrogens with one attached hydrogen (secondary N) is 1. The van der Waals surface area contributed by atoms with Crippen molar-refractivity contribution in [1.82, 2.24) is 5.32 Å². The van der Waals surface area contributed by atoms with Crippen molar-refractivity contribution in [3.05, 3.63) is 71.8 Å². The Bertz CT molecular complexity index is 765. The minimum absolute atomic E-state index is 0.183. The van der Waals surface area contributed by atoms with E-state index in [-0.39, 0.29) is 5.92 Å². The summed E-state index contributed by atoms with van der Waals surface area (Å²) in [5.41, 5.74) is 1.55. The highest BCUT2D eigenvalue weighted by Gasteiger charge is 2.26. The molecule has 0 aliphatic rings. The van der Waals surface area contributed by atoms with E-state index in [2.05, 4.69) is 5.32 Å². The molecule has 0 saturated carbocycles. The van der Waals surface area contributed by atoms with Crippen molar-refractivity contribution in [2.24, 2.45) is 5.92 Å². The molecule has 2 aromatic rings. The Morgan fingerprint density at radius 2 is 1.38 bits per heavy atom. The molecular formula is C23H27NO5. The second-order valence-electron chi connectivity index (χ2n) is 7.13. The topological polar surface area (TPSA) is 81.7 Å². The van der Waals surface area contributed by atoms with Crippen LogP contribution < -0.4 is 5.32 Å². The van der Waals surface area contributed by atoms with E-state index in [4.69, 9.17) is 9.47 Å². The lowest BCUT2D eigenvalue weighted by Gasteiger charge is -2.19. The maximum atomic E-state index is 12.8. The number of esters is 2. The molecule has 0 fully saturated rings. The second kappa shape index (κ2) is 11.0. The van der Waals surface area contributed by atoms with E-state index in [1.807, 2.05) is 74.5 Å². The Labute approximate surface area is 171 Å².